The van der Waals surface area contributed by atoms with Gasteiger partial charge in [0.05, 0.1) is 23.9 Å². The van der Waals surface area contributed by atoms with Crippen molar-refractivity contribution >= 4 is 17.2 Å². The Hall–Kier alpha value is -3.25. The van der Waals surface area contributed by atoms with Crippen molar-refractivity contribution in [2.24, 2.45) is 0 Å². The fourth-order valence-electron chi connectivity index (χ4n) is 1.69. The number of nitriles is 2. The van der Waals surface area contributed by atoms with Crippen LogP contribution in [0.5, 0.6) is 5.75 Å². The fraction of sp³-hybridized carbons (Fsp3) is 0.0714. The standard InChI is InChI=1S/C14H11N5O/c1-20-12-4-2-3-10(7-16)13(12)19-14-11(17)5-9(6-15)8-18-14/h2-5,8H,17H2,1H3,(H,18,19). The molecule has 6 nitrogen and oxygen atoms in total. The van der Waals surface area contributed by atoms with Crippen LogP contribution >= 0.6 is 0 Å². The topological polar surface area (TPSA) is 108 Å². The van der Waals surface area contributed by atoms with E-state index in [0.717, 1.165) is 0 Å². The quantitative estimate of drug-likeness (QED) is 0.880. The van der Waals surface area contributed by atoms with E-state index in [1.165, 1.54) is 19.4 Å². The number of anilines is 3. The van der Waals surface area contributed by atoms with Crippen LogP contribution in [0.25, 0.3) is 0 Å². The number of ether oxygens (including phenoxy) is 1. The van der Waals surface area contributed by atoms with Crippen molar-refractivity contribution in [1.82, 2.24) is 4.98 Å². The van der Waals surface area contributed by atoms with Gasteiger partial charge < -0.3 is 15.8 Å². The Bertz CT molecular complexity index is 727. The van der Waals surface area contributed by atoms with Gasteiger partial charge in [0, 0.05) is 6.20 Å². The van der Waals surface area contributed by atoms with Crippen LogP contribution in [0.2, 0.25) is 0 Å². The van der Waals surface area contributed by atoms with Crippen LogP contribution in [0.1, 0.15) is 11.1 Å². The molecule has 0 fully saturated rings. The van der Waals surface area contributed by atoms with Gasteiger partial charge in [-0.15, -0.1) is 0 Å². The molecule has 0 saturated heterocycles. The molecule has 3 N–H and O–H groups in total. The lowest BCUT2D eigenvalue weighted by atomic mass is 10.1. The van der Waals surface area contributed by atoms with E-state index in [2.05, 4.69) is 16.4 Å². The van der Waals surface area contributed by atoms with Gasteiger partial charge in [-0.1, -0.05) is 6.07 Å². The van der Waals surface area contributed by atoms with E-state index in [1.807, 2.05) is 6.07 Å². The number of benzene rings is 1. The zero-order valence-electron chi connectivity index (χ0n) is 10.7. The summed E-state index contributed by atoms with van der Waals surface area (Å²) in [6, 6.07) is 10.6. The van der Waals surface area contributed by atoms with E-state index in [4.69, 9.17) is 21.0 Å². The van der Waals surface area contributed by atoms with Crippen molar-refractivity contribution in [2.75, 3.05) is 18.2 Å². The molecule has 2 aromatic rings. The molecule has 0 aliphatic rings. The maximum Gasteiger partial charge on any atom is 0.153 e. The van der Waals surface area contributed by atoms with Gasteiger partial charge in [0.15, 0.2) is 5.82 Å². The van der Waals surface area contributed by atoms with E-state index in [9.17, 15) is 0 Å². The highest BCUT2D eigenvalue weighted by molar-refractivity contribution is 5.76. The molecule has 1 aromatic carbocycles. The molecule has 6 heteroatoms. The van der Waals surface area contributed by atoms with E-state index < -0.39 is 0 Å². The molecule has 0 aliphatic heterocycles. The largest absolute Gasteiger partial charge is 0.495 e. The molecule has 0 aliphatic carbocycles. The van der Waals surface area contributed by atoms with Crippen LogP contribution in [-0.4, -0.2) is 12.1 Å². The average Bonchev–Trinajstić information content (AvgIpc) is 2.49. The first-order valence-electron chi connectivity index (χ1n) is 5.69. The Morgan fingerprint density at radius 2 is 2.10 bits per heavy atom. The predicted molar refractivity (Wildman–Crippen MR) is 74.4 cm³/mol. The zero-order valence-corrected chi connectivity index (χ0v) is 10.7. The number of hydrogen-bond donors (Lipinski definition) is 2. The van der Waals surface area contributed by atoms with E-state index >= 15 is 0 Å². The van der Waals surface area contributed by atoms with E-state index in [0.29, 0.717) is 34.1 Å². The first-order chi connectivity index (χ1) is 9.69. The van der Waals surface area contributed by atoms with Crippen LogP contribution in [0.3, 0.4) is 0 Å². The summed E-state index contributed by atoms with van der Waals surface area (Å²) < 4.78 is 5.21. The molecule has 1 aromatic heterocycles. The molecule has 0 bridgehead atoms. The summed E-state index contributed by atoms with van der Waals surface area (Å²) in [6.07, 6.45) is 1.40. The van der Waals surface area contributed by atoms with E-state index in [-0.39, 0.29) is 0 Å². The van der Waals surface area contributed by atoms with Crippen molar-refractivity contribution in [2.45, 2.75) is 0 Å². The van der Waals surface area contributed by atoms with Crippen molar-refractivity contribution < 1.29 is 4.74 Å². The summed E-state index contributed by atoms with van der Waals surface area (Å²) in [7, 11) is 1.51. The van der Waals surface area contributed by atoms with Crippen LogP contribution in [0.15, 0.2) is 30.5 Å². The number of nitrogen functional groups attached to an aromatic ring is 1. The van der Waals surface area contributed by atoms with Crippen LogP contribution in [0, 0.1) is 22.7 Å². The average molecular weight is 265 g/mol. The molecule has 0 atom stereocenters. The Balaban J connectivity index is 2.45. The number of pyridine rings is 1. The molecule has 0 saturated carbocycles. The highest BCUT2D eigenvalue weighted by Crippen LogP contribution is 2.32. The lowest BCUT2D eigenvalue weighted by Gasteiger charge is -2.13. The molecular formula is C14H11N5O. The van der Waals surface area contributed by atoms with Crippen molar-refractivity contribution in [1.29, 1.82) is 10.5 Å². The van der Waals surface area contributed by atoms with Gasteiger partial charge >= 0.3 is 0 Å². The summed E-state index contributed by atoms with van der Waals surface area (Å²) in [5, 5.41) is 20.9. The van der Waals surface area contributed by atoms with Gasteiger partial charge in [0.2, 0.25) is 0 Å². The van der Waals surface area contributed by atoms with Gasteiger partial charge in [-0.2, -0.15) is 10.5 Å². The number of nitrogens with zero attached hydrogens (tertiary/aromatic N) is 3. The maximum atomic E-state index is 9.13. The number of nitrogens with one attached hydrogen (secondary N) is 1. The first kappa shape index (κ1) is 13.2. The van der Waals surface area contributed by atoms with Crippen molar-refractivity contribution in [3.05, 3.63) is 41.6 Å². The summed E-state index contributed by atoms with van der Waals surface area (Å²) in [5.74, 6) is 0.875. The molecule has 98 valence electrons. The molecule has 1 heterocycles. The third-order valence-electron chi connectivity index (χ3n) is 2.66. The van der Waals surface area contributed by atoms with Gasteiger partial charge in [-0.3, -0.25) is 0 Å². The third-order valence-corrected chi connectivity index (χ3v) is 2.66. The van der Waals surface area contributed by atoms with Crippen molar-refractivity contribution in [3.63, 3.8) is 0 Å². The SMILES string of the molecule is COc1cccc(C#N)c1Nc1ncc(C#N)cc1N. The minimum atomic E-state index is 0.318. The number of rotatable bonds is 3. The summed E-state index contributed by atoms with van der Waals surface area (Å²) >= 11 is 0. The Morgan fingerprint density at radius 3 is 2.70 bits per heavy atom. The van der Waals surface area contributed by atoms with Crippen LogP contribution in [-0.2, 0) is 0 Å². The minimum Gasteiger partial charge on any atom is -0.495 e. The molecule has 0 unspecified atom stereocenters. The Kier molecular flexibility index (Phi) is 3.69. The molecule has 0 amide bonds. The van der Waals surface area contributed by atoms with Crippen molar-refractivity contribution in [3.8, 4) is 17.9 Å². The lowest BCUT2D eigenvalue weighted by molar-refractivity contribution is 0.416. The fourth-order valence-corrected chi connectivity index (χ4v) is 1.69. The predicted octanol–water partition coefficient (Wildman–Crippen LogP) is 2.16. The van der Waals surface area contributed by atoms with E-state index in [1.54, 1.807) is 18.2 Å². The molecular weight excluding hydrogens is 254 g/mol. The highest BCUT2D eigenvalue weighted by Gasteiger charge is 2.11. The maximum absolute atomic E-state index is 9.13. The summed E-state index contributed by atoms with van der Waals surface area (Å²) in [4.78, 5) is 4.07. The lowest BCUT2D eigenvalue weighted by Crippen LogP contribution is -2.03. The number of methoxy groups -OCH3 is 1. The second kappa shape index (κ2) is 5.59. The van der Waals surface area contributed by atoms with Gasteiger partial charge in [-0.25, -0.2) is 4.98 Å². The second-order valence-electron chi connectivity index (χ2n) is 3.89. The second-order valence-corrected chi connectivity index (χ2v) is 3.89. The number of para-hydroxylation sites is 1. The highest BCUT2D eigenvalue weighted by atomic mass is 16.5. The van der Waals surface area contributed by atoms with Gasteiger partial charge in [0.1, 0.15) is 23.6 Å². The third kappa shape index (κ3) is 2.45. The Labute approximate surface area is 116 Å². The zero-order chi connectivity index (χ0) is 14.5. The van der Waals surface area contributed by atoms with Gasteiger partial charge in [0.25, 0.3) is 0 Å². The number of nitrogens with two attached hydrogens (primary N) is 1. The van der Waals surface area contributed by atoms with Crippen LogP contribution in [0.4, 0.5) is 17.2 Å². The first-order valence-corrected chi connectivity index (χ1v) is 5.69. The molecule has 20 heavy (non-hydrogen) atoms. The normalized spacial score (nSPS) is 9.35. The molecule has 0 radical (unpaired) electrons. The monoisotopic (exact) mass is 265 g/mol. The summed E-state index contributed by atoms with van der Waals surface area (Å²) in [5.41, 5.74) is 7.41. The van der Waals surface area contributed by atoms with Crippen LogP contribution < -0.4 is 15.8 Å². The smallest absolute Gasteiger partial charge is 0.153 e. The minimum absolute atomic E-state index is 0.318. The summed E-state index contributed by atoms with van der Waals surface area (Å²) in [6.45, 7) is 0. The molecule has 0 spiro atoms. The Morgan fingerprint density at radius 1 is 1.30 bits per heavy atom. The number of aromatic nitrogens is 1. The molecule has 2 rings (SSSR count). The number of hydrogen-bond acceptors (Lipinski definition) is 6. The van der Waals surface area contributed by atoms with Gasteiger partial charge in [-0.05, 0) is 18.2 Å².